The van der Waals surface area contributed by atoms with Gasteiger partial charge < -0.3 is 14.6 Å². The van der Waals surface area contributed by atoms with Crippen LogP contribution in [0.2, 0.25) is 0 Å². The Kier molecular flexibility index (Phi) is 9.26. The second kappa shape index (κ2) is 12.5. The number of nitrogens with zero attached hydrogens (tertiary/aromatic N) is 3. The molecule has 1 aromatic heterocycles. The van der Waals surface area contributed by atoms with Crippen LogP contribution in [0.4, 0.5) is 0 Å². The minimum absolute atomic E-state index is 0.0813. The van der Waals surface area contributed by atoms with Crippen LogP contribution in [0.3, 0.4) is 0 Å². The zero-order chi connectivity index (χ0) is 20.7. The van der Waals surface area contributed by atoms with Crippen molar-refractivity contribution >= 4 is 12.0 Å². The lowest BCUT2D eigenvalue weighted by molar-refractivity contribution is -0.117. The van der Waals surface area contributed by atoms with Crippen molar-refractivity contribution in [3.63, 3.8) is 0 Å². The summed E-state index contributed by atoms with van der Waals surface area (Å²) >= 11 is 0. The molecular weight excluding hydrogens is 364 g/mol. The van der Waals surface area contributed by atoms with E-state index in [2.05, 4.69) is 10.3 Å². The Balaban J connectivity index is 0.000000426. The highest BCUT2D eigenvalue weighted by Gasteiger charge is 2.08. The van der Waals surface area contributed by atoms with Crippen molar-refractivity contribution < 1.29 is 9.53 Å². The fourth-order valence-electron chi connectivity index (χ4n) is 2.38. The van der Waals surface area contributed by atoms with Gasteiger partial charge in [-0.1, -0.05) is 48.5 Å². The van der Waals surface area contributed by atoms with E-state index in [1.54, 1.807) is 50.0 Å². The van der Waals surface area contributed by atoms with Crippen LogP contribution in [0.5, 0.6) is 5.75 Å². The Morgan fingerprint density at radius 1 is 1.17 bits per heavy atom. The quantitative estimate of drug-likeness (QED) is 0.380. The number of methoxy groups -OCH3 is 1. The molecule has 0 spiro atoms. The maximum absolute atomic E-state index is 12.0. The van der Waals surface area contributed by atoms with Gasteiger partial charge in [-0.2, -0.15) is 5.26 Å². The van der Waals surface area contributed by atoms with E-state index in [4.69, 9.17) is 10.00 Å². The standard InChI is InChI=1S/C17H18N4O2.C6H6/c1-23-16-5-3-14(4-6-16)11-15(12-18)17(22)20-7-2-9-21-10-8-19-13-21;1-2-4-6-5-3-1/h3-6,8,10-11,13H,2,7,9H2,1H3,(H,20,22);1-6H/b15-11+;. The number of amides is 1. The van der Waals surface area contributed by atoms with Crippen molar-refractivity contribution in [3.05, 3.63) is 90.5 Å². The molecule has 3 aromatic rings. The molecule has 29 heavy (non-hydrogen) atoms. The van der Waals surface area contributed by atoms with Crippen LogP contribution in [-0.4, -0.2) is 29.1 Å². The molecule has 3 rings (SSSR count). The van der Waals surface area contributed by atoms with Gasteiger partial charge in [0.2, 0.25) is 0 Å². The molecule has 1 amide bonds. The monoisotopic (exact) mass is 388 g/mol. The summed E-state index contributed by atoms with van der Waals surface area (Å²) in [6.45, 7) is 1.27. The highest BCUT2D eigenvalue weighted by atomic mass is 16.5. The van der Waals surface area contributed by atoms with E-state index in [9.17, 15) is 4.79 Å². The first-order valence-electron chi connectivity index (χ1n) is 9.22. The van der Waals surface area contributed by atoms with Crippen molar-refractivity contribution in [2.45, 2.75) is 13.0 Å². The number of rotatable bonds is 7. The number of ether oxygens (including phenoxy) is 1. The average Bonchev–Trinajstić information content (AvgIpc) is 3.30. The van der Waals surface area contributed by atoms with Crippen LogP contribution in [0, 0.1) is 11.3 Å². The predicted molar refractivity (Wildman–Crippen MR) is 113 cm³/mol. The third-order valence-electron chi connectivity index (χ3n) is 3.90. The number of benzene rings is 2. The van der Waals surface area contributed by atoms with Gasteiger partial charge in [0.15, 0.2) is 0 Å². The second-order valence-corrected chi connectivity index (χ2v) is 6.01. The maximum atomic E-state index is 12.0. The van der Waals surface area contributed by atoms with E-state index in [0.29, 0.717) is 6.54 Å². The second-order valence-electron chi connectivity index (χ2n) is 6.01. The van der Waals surface area contributed by atoms with Crippen LogP contribution in [0.15, 0.2) is 85.0 Å². The summed E-state index contributed by atoms with van der Waals surface area (Å²) in [5.74, 6) is 0.360. The summed E-state index contributed by atoms with van der Waals surface area (Å²) in [5, 5.41) is 11.9. The number of imidazole rings is 1. The van der Waals surface area contributed by atoms with Crippen molar-refractivity contribution in [1.29, 1.82) is 5.26 Å². The molecule has 6 heteroatoms. The van der Waals surface area contributed by atoms with Gasteiger partial charge in [0.1, 0.15) is 17.4 Å². The molecular formula is C23H24N4O2. The number of carbonyl (C=O) groups excluding carboxylic acids is 1. The minimum atomic E-state index is -0.367. The number of aromatic nitrogens is 2. The van der Waals surface area contributed by atoms with Crippen molar-refractivity contribution in [2.75, 3.05) is 13.7 Å². The maximum Gasteiger partial charge on any atom is 0.261 e. The van der Waals surface area contributed by atoms with E-state index < -0.39 is 0 Å². The normalized spacial score (nSPS) is 10.3. The Morgan fingerprint density at radius 3 is 2.34 bits per heavy atom. The lowest BCUT2D eigenvalue weighted by Gasteiger charge is -2.05. The highest BCUT2D eigenvalue weighted by Crippen LogP contribution is 2.13. The van der Waals surface area contributed by atoms with Crippen molar-refractivity contribution in [3.8, 4) is 11.8 Å². The average molecular weight is 388 g/mol. The van der Waals surface area contributed by atoms with Gasteiger partial charge in [-0.15, -0.1) is 0 Å². The zero-order valence-electron chi connectivity index (χ0n) is 16.4. The first-order valence-corrected chi connectivity index (χ1v) is 9.22. The molecule has 1 N–H and O–H groups in total. The van der Waals surface area contributed by atoms with E-state index in [-0.39, 0.29) is 11.5 Å². The first-order chi connectivity index (χ1) is 14.2. The lowest BCUT2D eigenvalue weighted by atomic mass is 10.1. The molecule has 148 valence electrons. The fourth-order valence-corrected chi connectivity index (χ4v) is 2.38. The van der Waals surface area contributed by atoms with Gasteiger partial charge in [0, 0.05) is 25.5 Å². The topological polar surface area (TPSA) is 79.9 Å². The molecule has 0 unspecified atom stereocenters. The largest absolute Gasteiger partial charge is 0.497 e. The molecule has 6 nitrogen and oxygen atoms in total. The number of carbonyl (C=O) groups is 1. The van der Waals surface area contributed by atoms with Gasteiger partial charge >= 0.3 is 0 Å². The third kappa shape index (κ3) is 8.14. The van der Waals surface area contributed by atoms with Gasteiger partial charge in [0.25, 0.3) is 5.91 Å². The Hall–Kier alpha value is -3.85. The van der Waals surface area contributed by atoms with Gasteiger partial charge in [-0.25, -0.2) is 4.98 Å². The number of hydrogen-bond acceptors (Lipinski definition) is 4. The number of aryl methyl sites for hydroxylation is 1. The molecule has 0 aliphatic rings. The summed E-state index contributed by atoms with van der Waals surface area (Å²) in [5.41, 5.74) is 0.855. The molecule has 2 aromatic carbocycles. The first kappa shape index (κ1) is 21.5. The van der Waals surface area contributed by atoms with E-state index >= 15 is 0 Å². The third-order valence-corrected chi connectivity index (χ3v) is 3.90. The molecule has 0 radical (unpaired) electrons. The molecule has 1 heterocycles. The SMILES string of the molecule is COc1ccc(/C=C(\C#N)C(=O)NCCCn2ccnc2)cc1.c1ccccc1. The molecule has 0 saturated heterocycles. The molecule has 0 atom stereocenters. The Labute approximate surface area is 171 Å². The Morgan fingerprint density at radius 2 is 1.83 bits per heavy atom. The van der Waals surface area contributed by atoms with Crippen LogP contribution in [-0.2, 0) is 11.3 Å². The van der Waals surface area contributed by atoms with Crippen LogP contribution in [0.1, 0.15) is 12.0 Å². The van der Waals surface area contributed by atoms with Crippen LogP contribution >= 0.6 is 0 Å². The molecule has 0 saturated carbocycles. The lowest BCUT2D eigenvalue weighted by Crippen LogP contribution is -2.26. The van der Waals surface area contributed by atoms with Crippen LogP contribution in [0.25, 0.3) is 6.08 Å². The molecule has 0 aliphatic heterocycles. The van der Waals surface area contributed by atoms with Gasteiger partial charge in [0.05, 0.1) is 13.4 Å². The number of nitriles is 1. The molecule has 0 fully saturated rings. The summed E-state index contributed by atoms with van der Waals surface area (Å²) in [4.78, 5) is 16.0. The minimum Gasteiger partial charge on any atom is -0.497 e. The zero-order valence-corrected chi connectivity index (χ0v) is 16.4. The summed E-state index contributed by atoms with van der Waals surface area (Å²) < 4.78 is 7.01. The highest BCUT2D eigenvalue weighted by molar-refractivity contribution is 6.01. The van der Waals surface area contributed by atoms with Crippen LogP contribution < -0.4 is 10.1 Å². The molecule has 0 aliphatic carbocycles. The van der Waals surface area contributed by atoms with E-state index in [1.165, 1.54) is 0 Å². The smallest absolute Gasteiger partial charge is 0.261 e. The fraction of sp³-hybridized carbons (Fsp3) is 0.174. The van der Waals surface area contributed by atoms with Gasteiger partial charge in [-0.3, -0.25) is 4.79 Å². The predicted octanol–water partition coefficient (Wildman–Crippen LogP) is 3.69. The number of hydrogen-bond donors (Lipinski definition) is 1. The number of nitrogens with one attached hydrogen (secondary N) is 1. The van der Waals surface area contributed by atoms with E-state index in [0.717, 1.165) is 24.3 Å². The summed E-state index contributed by atoms with van der Waals surface area (Å²) in [6.07, 6.45) is 7.64. The van der Waals surface area contributed by atoms with Crippen molar-refractivity contribution in [1.82, 2.24) is 14.9 Å². The van der Waals surface area contributed by atoms with Crippen molar-refractivity contribution in [2.24, 2.45) is 0 Å². The molecule has 0 bridgehead atoms. The summed E-state index contributed by atoms with van der Waals surface area (Å²) in [7, 11) is 1.59. The summed E-state index contributed by atoms with van der Waals surface area (Å²) in [6, 6.07) is 21.1. The Bertz CT molecular complexity index is 885. The van der Waals surface area contributed by atoms with Gasteiger partial charge in [-0.05, 0) is 30.2 Å². The van der Waals surface area contributed by atoms with E-state index in [1.807, 2.05) is 53.2 Å².